The van der Waals surface area contributed by atoms with E-state index in [9.17, 15) is 9.59 Å². The Bertz CT molecular complexity index is 1170. The van der Waals surface area contributed by atoms with Crippen LogP contribution in [0.4, 0.5) is 4.79 Å². The van der Waals surface area contributed by atoms with Gasteiger partial charge in [-0.1, -0.05) is 36.4 Å². The Hall–Kier alpha value is -3.10. The fourth-order valence-electron chi connectivity index (χ4n) is 6.59. The summed E-state index contributed by atoms with van der Waals surface area (Å²) in [5, 5.41) is 0. The zero-order valence-electron chi connectivity index (χ0n) is 23.2. The fourth-order valence-corrected chi connectivity index (χ4v) is 6.59. The number of amides is 3. The summed E-state index contributed by atoms with van der Waals surface area (Å²) in [7, 11) is 3.77. The number of methoxy groups -OCH3 is 1. The van der Waals surface area contributed by atoms with Crippen molar-refractivity contribution in [1.29, 1.82) is 0 Å². The smallest absolute Gasteiger partial charge is 0.320 e. The van der Waals surface area contributed by atoms with E-state index in [1.807, 2.05) is 21.9 Å². The largest absolute Gasteiger partial charge is 0.497 e. The molecular weight excluding hydrogens is 492 g/mol. The van der Waals surface area contributed by atoms with Crippen LogP contribution < -0.4 is 4.74 Å². The molecule has 6 rings (SSSR count). The van der Waals surface area contributed by atoms with Crippen molar-refractivity contribution in [3.8, 4) is 5.75 Å². The molecule has 2 aromatic carbocycles. The fraction of sp³-hybridized carbons (Fsp3) is 0.548. The molecule has 0 aromatic heterocycles. The number of hydrogen-bond donors (Lipinski definition) is 0. The van der Waals surface area contributed by atoms with Crippen molar-refractivity contribution in [3.63, 3.8) is 0 Å². The van der Waals surface area contributed by atoms with Gasteiger partial charge in [-0.25, -0.2) is 4.79 Å². The standard InChI is InChI=1S/C31H40N4O4/c1-32-28(26-9-7-25(8-10-26)24-5-6-24)35(16-13-23-3-11-27(38-2)12-4-23)29(36)31(32)14-17-33(18-15-31)30(37)34-19-21-39-22-20-34/h3-4,7-12,24,28H,5-6,13-22H2,1-2H3. The van der Waals surface area contributed by atoms with E-state index in [1.165, 1.54) is 24.0 Å². The second kappa shape index (κ2) is 10.8. The lowest BCUT2D eigenvalue weighted by atomic mass is 9.86. The van der Waals surface area contributed by atoms with Crippen LogP contribution in [-0.2, 0) is 16.0 Å². The highest BCUT2D eigenvalue weighted by molar-refractivity contribution is 5.89. The van der Waals surface area contributed by atoms with E-state index in [-0.39, 0.29) is 18.1 Å². The lowest BCUT2D eigenvalue weighted by Gasteiger charge is -2.43. The van der Waals surface area contributed by atoms with E-state index in [0.717, 1.165) is 17.7 Å². The molecule has 1 spiro atoms. The van der Waals surface area contributed by atoms with Crippen LogP contribution >= 0.6 is 0 Å². The first-order chi connectivity index (χ1) is 19.0. The number of urea groups is 1. The maximum Gasteiger partial charge on any atom is 0.320 e. The lowest BCUT2D eigenvalue weighted by Crippen LogP contribution is -2.58. The summed E-state index contributed by atoms with van der Waals surface area (Å²) in [4.78, 5) is 35.6. The number of benzene rings is 2. The molecule has 1 atom stereocenters. The van der Waals surface area contributed by atoms with Crippen LogP contribution in [0, 0.1) is 0 Å². The van der Waals surface area contributed by atoms with E-state index in [0.29, 0.717) is 64.7 Å². The molecule has 3 heterocycles. The van der Waals surface area contributed by atoms with Crippen molar-refractivity contribution in [2.45, 2.75) is 49.7 Å². The summed E-state index contributed by atoms with van der Waals surface area (Å²) in [6.45, 7) is 4.28. The van der Waals surface area contributed by atoms with Gasteiger partial charge in [0.15, 0.2) is 0 Å². The molecule has 4 aliphatic rings. The average molecular weight is 533 g/mol. The maximum absolute atomic E-state index is 14.3. The highest BCUT2D eigenvalue weighted by atomic mass is 16.5. The van der Waals surface area contributed by atoms with Gasteiger partial charge in [-0.05, 0) is 73.9 Å². The zero-order chi connectivity index (χ0) is 27.0. The summed E-state index contributed by atoms with van der Waals surface area (Å²) in [5.41, 5.74) is 3.15. The number of morpholine rings is 1. The van der Waals surface area contributed by atoms with E-state index in [4.69, 9.17) is 9.47 Å². The third kappa shape index (κ3) is 5.00. The van der Waals surface area contributed by atoms with E-state index in [1.54, 1.807) is 7.11 Å². The molecule has 3 aliphatic heterocycles. The number of rotatable bonds is 6. The van der Waals surface area contributed by atoms with Crippen LogP contribution in [0.5, 0.6) is 5.75 Å². The Morgan fingerprint density at radius 1 is 0.923 bits per heavy atom. The SMILES string of the molecule is COc1ccc(CCN2C(=O)C3(CCN(C(=O)N4CCOCC4)CC3)N(C)C2c2ccc(C3CC3)cc2)cc1. The third-order valence-corrected chi connectivity index (χ3v) is 9.22. The van der Waals surface area contributed by atoms with E-state index in [2.05, 4.69) is 53.2 Å². The summed E-state index contributed by atoms with van der Waals surface area (Å²) in [6.07, 6.45) is 4.50. The first kappa shape index (κ1) is 26.1. The Morgan fingerprint density at radius 3 is 2.15 bits per heavy atom. The molecular formula is C31H40N4O4. The zero-order valence-corrected chi connectivity index (χ0v) is 23.2. The van der Waals surface area contributed by atoms with Crippen LogP contribution in [0.25, 0.3) is 0 Å². The summed E-state index contributed by atoms with van der Waals surface area (Å²) in [5.74, 6) is 1.72. The van der Waals surface area contributed by atoms with Gasteiger partial charge in [-0.15, -0.1) is 0 Å². The predicted molar refractivity (Wildman–Crippen MR) is 149 cm³/mol. The third-order valence-electron chi connectivity index (χ3n) is 9.22. The molecule has 8 heteroatoms. The van der Waals surface area contributed by atoms with Crippen molar-refractivity contribution < 1.29 is 19.1 Å². The number of likely N-dealkylation sites (tertiary alicyclic amines) is 1. The second-order valence-electron chi connectivity index (χ2n) is 11.4. The van der Waals surface area contributed by atoms with E-state index >= 15 is 0 Å². The number of likely N-dealkylation sites (N-methyl/N-ethyl adjacent to an activating group) is 1. The lowest BCUT2D eigenvalue weighted by molar-refractivity contribution is -0.135. The molecule has 1 unspecified atom stereocenters. The molecule has 3 saturated heterocycles. The first-order valence-electron chi connectivity index (χ1n) is 14.4. The number of nitrogens with zero attached hydrogens (tertiary/aromatic N) is 4. The van der Waals surface area contributed by atoms with E-state index < -0.39 is 5.54 Å². The number of ether oxygens (including phenoxy) is 2. The summed E-state index contributed by atoms with van der Waals surface area (Å²) < 4.78 is 10.7. The van der Waals surface area contributed by atoms with Crippen molar-refractivity contribution in [2.24, 2.45) is 0 Å². The summed E-state index contributed by atoms with van der Waals surface area (Å²) in [6, 6.07) is 17.1. The highest BCUT2D eigenvalue weighted by Gasteiger charge is 2.57. The molecule has 3 amide bonds. The van der Waals surface area contributed by atoms with Crippen LogP contribution in [0.2, 0.25) is 0 Å². The van der Waals surface area contributed by atoms with Gasteiger partial charge in [0.2, 0.25) is 5.91 Å². The first-order valence-corrected chi connectivity index (χ1v) is 14.4. The molecule has 208 valence electrons. The van der Waals surface area contributed by atoms with Crippen LogP contribution in [0.15, 0.2) is 48.5 Å². The molecule has 4 fully saturated rings. The number of carbonyl (C=O) groups is 2. The molecule has 0 N–H and O–H groups in total. The van der Waals surface area contributed by atoms with Crippen LogP contribution in [0.1, 0.15) is 54.5 Å². The van der Waals surface area contributed by atoms with Gasteiger partial charge in [0.25, 0.3) is 0 Å². The van der Waals surface area contributed by atoms with Gasteiger partial charge >= 0.3 is 6.03 Å². The number of hydrogen-bond acceptors (Lipinski definition) is 5. The predicted octanol–water partition coefficient (Wildman–Crippen LogP) is 3.87. The number of carbonyl (C=O) groups excluding carboxylic acids is 2. The van der Waals surface area contributed by atoms with Gasteiger partial charge < -0.3 is 24.2 Å². The van der Waals surface area contributed by atoms with Gasteiger partial charge in [-0.3, -0.25) is 9.69 Å². The molecule has 8 nitrogen and oxygen atoms in total. The van der Waals surface area contributed by atoms with Crippen LogP contribution in [-0.4, -0.2) is 97.2 Å². The van der Waals surface area contributed by atoms with Gasteiger partial charge in [-0.2, -0.15) is 0 Å². The highest BCUT2D eigenvalue weighted by Crippen LogP contribution is 2.46. The second-order valence-corrected chi connectivity index (χ2v) is 11.4. The van der Waals surface area contributed by atoms with Crippen molar-refractivity contribution in [3.05, 3.63) is 65.2 Å². The van der Waals surface area contributed by atoms with Gasteiger partial charge in [0.05, 0.1) is 20.3 Å². The monoisotopic (exact) mass is 532 g/mol. The summed E-state index contributed by atoms with van der Waals surface area (Å²) >= 11 is 0. The van der Waals surface area contributed by atoms with Crippen LogP contribution in [0.3, 0.4) is 0 Å². The molecule has 39 heavy (non-hydrogen) atoms. The minimum absolute atomic E-state index is 0.0739. The van der Waals surface area contributed by atoms with Gasteiger partial charge in [0.1, 0.15) is 17.5 Å². The Morgan fingerprint density at radius 2 is 1.54 bits per heavy atom. The Kier molecular flexibility index (Phi) is 7.25. The molecule has 1 aliphatic carbocycles. The van der Waals surface area contributed by atoms with Crippen molar-refractivity contribution in [1.82, 2.24) is 19.6 Å². The van der Waals surface area contributed by atoms with Crippen molar-refractivity contribution >= 4 is 11.9 Å². The normalized spacial score (nSPS) is 23.5. The maximum atomic E-state index is 14.3. The number of piperidine rings is 1. The van der Waals surface area contributed by atoms with Crippen molar-refractivity contribution in [2.75, 3.05) is 60.1 Å². The minimum Gasteiger partial charge on any atom is -0.497 e. The molecule has 0 bridgehead atoms. The molecule has 0 radical (unpaired) electrons. The topological polar surface area (TPSA) is 65.6 Å². The molecule has 2 aromatic rings. The minimum atomic E-state index is -0.596. The Balaban J connectivity index is 1.22. The molecule has 1 saturated carbocycles. The quantitative estimate of drug-likeness (QED) is 0.565. The average Bonchev–Trinajstić information content (AvgIpc) is 3.82. The van der Waals surface area contributed by atoms with Gasteiger partial charge in [0, 0.05) is 32.7 Å². The Labute approximate surface area is 231 Å².